The van der Waals surface area contributed by atoms with Gasteiger partial charge in [-0.15, -0.1) is 0 Å². The number of nitrogens with zero attached hydrogens (tertiary/aromatic N) is 3. The first kappa shape index (κ1) is 59.3. The van der Waals surface area contributed by atoms with Gasteiger partial charge in [-0.3, -0.25) is 23.0 Å². The summed E-state index contributed by atoms with van der Waals surface area (Å²) in [6, 6.07) is 14.5. The minimum atomic E-state index is -0.583. The van der Waals surface area contributed by atoms with Crippen LogP contribution in [0.5, 0.6) is 17.2 Å². The van der Waals surface area contributed by atoms with Crippen molar-refractivity contribution in [1.29, 1.82) is 0 Å². The van der Waals surface area contributed by atoms with Crippen LogP contribution in [-0.2, 0) is 64.0 Å². The molecule has 3 unspecified atom stereocenters. The number of carbonyl (C=O) groups excluding carboxylic acids is 3. The minimum Gasteiger partial charge on any atom is -0.488 e. The number of benzene rings is 3. The van der Waals surface area contributed by atoms with E-state index in [0.29, 0.717) is 73.1 Å². The van der Waals surface area contributed by atoms with E-state index in [-0.39, 0.29) is 52.4 Å². The van der Waals surface area contributed by atoms with Crippen molar-refractivity contribution in [3.63, 3.8) is 0 Å². The molecule has 6 heterocycles. The highest BCUT2D eigenvalue weighted by atomic mass is 16.7. The van der Waals surface area contributed by atoms with E-state index in [4.69, 9.17) is 33.2 Å². The molecule has 3 fully saturated rings. The molecule has 0 amide bonds. The van der Waals surface area contributed by atoms with Crippen molar-refractivity contribution in [2.24, 2.45) is 40.4 Å². The molecule has 3 spiro atoms. The Bertz CT molecular complexity index is 3240. The number of aliphatic hydroxyl groups excluding tert-OH is 1. The van der Waals surface area contributed by atoms with Gasteiger partial charge in [0.2, 0.25) is 20.2 Å². The molecule has 6 bridgehead atoms. The predicted octanol–water partition coefficient (Wildman–Crippen LogP) is 10.7. The molecule has 6 aliphatic heterocycles. The molecule has 3 saturated heterocycles. The van der Waals surface area contributed by atoms with Crippen LogP contribution in [0.4, 0.5) is 4.79 Å². The second-order valence-electron chi connectivity index (χ2n) is 31.2. The molecule has 1 N–H and O–H groups in total. The van der Waals surface area contributed by atoms with Crippen molar-refractivity contribution < 1.29 is 66.1 Å². The summed E-state index contributed by atoms with van der Waals surface area (Å²) in [5, 5.41) is 10.8. The maximum atomic E-state index is 12.5. The number of aryl methyl sites for hydroxylation is 3. The molecule has 12 aliphatic rings. The zero-order chi connectivity index (χ0) is 61.2. The first-order valence-corrected chi connectivity index (χ1v) is 32.3. The third-order valence-electron chi connectivity index (χ3n) is 23.8. The number of hydrogen-bond acceptors (Lipinski definition) is 11. The van der Waals surface area contributed by atoms with Crippen LogP contribution >= 0.6 is 0 Å². The third kappa shape index (κ3) is 8.53. The highest BCUT2D eigenvalue weighted by molar-refractivity contribution is 5.75. The molecule has 462 valence electrons. The average molecular weight is 1180 g/mol. The Morgan fingerprint density at radius 1 is 0.512 bits per heavy atom. The Morgan fingerprint density at radius 2 is 0.849 bits per heavy atom. The van der Waals surface area contributed by atoms with Crippen LogP contribution in [0.2, 0.25) is 0 Å². The van der Waals surface area contributed by atoms with Crippen LogP contribution in [0.1, 0.15) is 132 Å². The number of carbonyl (C=O) groups is 3. The molecule has 3 aromatic rings. The highest BCUT2D eigenvalue weighted by Gasteiger charge is 2.71. The molecule has 0 radical (unpaired) electrons. The van der Waals surface area contributed by atoms with Gasteiger partial charge in [-0.25, -0.2) is 4.79 Å². The summed E-state index contributed by atoms with van der Waals surface area (Å²) in [5.41, 5.74) is 11.2. The number of rotatable bonds is 7. The summed E-state index contributed by atoms with van der Waals surface area (Å²) in [6.07, 6.45) is 18.8. The molecular formula is C72H96N3O11+3. The largest absolute Gasteiger partial charge is 0.512 e. The molecule has 3 aromatic carbocycles. The first-order valence-electron chi connectivity index (χ1n) is 32.3. The number of quaternary nitrogens is 3. The second-order valence-corrected chi connectivity index (χ2v) is 31.2. The number of aliphatic hydroxyl groups is 1. The van der Waals surface area contributed by atoms with Gasteiger partial charge in [-0.1, -0.05) is 86.7 Å². The van der Waals surface area contributed by atoms with Crippen molar-refractivity contribution >= 4 is 18.1 Å². The van der Waals surface area contributed by atoms with Gasteiger partial charge in [-0.2, -0.15) is 0 Å². The smallest absolute Gasteiger partial charge is 0.488 e. The van der Waals surface area contributed by atoms with E-state index in [9.17, 15) is 19.5 Å². The van der Waals surface area contributed by atoms with Crippen molar-refractivity contribution in [2.45, 2.75) is 180 Å². The second kappa shape index (κ2) is 20.2. The highest BCUT2D eigenvalue weighted by Crippen LogP contribution is 2.66. The summed E-state index contributed by atoms with van der Waals surface area (Å²) >= 11 is 0. The van der Waals surface area contributed by atoms with Gasteiger partial charge >= 0.3 is 18.1 Å². The van der Waals surface area contributed by atoms with E-state index in [1.807, 2.05) is 47.6 Å². The lowest BCUT2D eigenvalue weighted by Crippen LogP contribution is -2.71. The van der Waals surface area contributed by atoms with E-state index < -0.39 is 23.1 Å². The topological polar surface area (TPSA) is 136 Å². The fourth-order valence-electron chi connectivity index (χ4n) is 19.1. The van der Waals surface area contributed by atoms with Gasteiger partial charge in [0.25, 0.3) is 0 Å². The van der Waals surface area contributed by atoms with Crippen LogP contribution < -0.4 is 14.2 Å². The van der Waals surface area contributed by atoms with Gasteiger partial charge in [0.05, 0.1) is 74.5 Å². The van der Waals surface area contributed by atoms with Gasteiger partial charge in [-0.05, 0) is 103 Å². The van der Waals surface area contributed by atoms with Crippen LogP contribution in [-0.4, -0.2) is 147 Å². The molecule has 6 aliphatic carbocycles. The third-order valence-corrected chi connectivity index (χ3v) is 23.8. The summed E-state index contributed by atoms with van der Waals surface area (Å²) in [7, 11) is 6.73. The summed E-state index contributed by atoms with van der Waals surface area (Å²) in [6.45, 7) is 28.7. The Morgan fingerprint density at radius 3 is 1.21 bits per heavy atom. The van der Waals surface area contributed by atoms with E-state index in [0.717, 1.165) is 89.9 Å². The molecule has 15 rings (SSSR count). The van der Waals surface area contributed by atoms with E-state index in [1.54, 1.807) is 6.92 Å². The quantitative estimate of drug-likeness (QED) is 0.105. The minimum absolute atomic E-state index is 0.0649. The summed E-state index contributed by atoms with van der Waals surface area (Å²) in [4.78, 5) is 36.8. The monoisotopic (exact) mass is 1180 g/mol. The van der Waals surface area contributed by atoms with E-state index in [2.05, 4.69) is 123 Å². The fraction of sp³-hybridized carbons (Fsp3) is 0.625. The van der Waals surface area contributed by atoms with Gasteiger partial charge in [0.15, 0.2) is 0 Å². The molecule has 0 saturated carbocycles. The van der Waals surface area contributed by atoms with Crippen molar-refractivity contribution in [2.75, 3.05) is 67.6 Å². The first-order chi connectivity index (χ1) is 40.6. The lowest BCUT2D eigenvalue weighted by Gasteiger charge is -2.59. The molecule has 18 atom stereocenters. The SMILES string of the molecule is CCOC(=O)OC[N@@+]1(C)CC[C@]23c4c5ccc(C)c4O[C@H]2[C@@H](C)C=C[C@H]3C1C5.Cc1ccc2c3c1O[C@H]1[C@@H](C)C=C[C@H]4C(C2)[N@@+](C)(COC(=O)C(C)(C)C)CC[C@@]341.Cc1ccc2c3c1O[C@H]1[C@@H](O)C=C[C@H]4C(C2)[N@+](C)(COC(=O)C(C)(C)C)CC[C@@]341. The lowest BCUT2D eigenvalue weighted by molar-refractivity contribution is -0.958. The number of esters is 2. The Balaban J connectivity index is 0.000000120. The van der Waals surface area contributed by atoms with Crippen LogP contribution in [0, 0.1) is 61.2 Å². The lowest BCUT2D eigenvalue weighted by atomic mass is 9.52. The molecular weight excluding hydrogens is 1080 g/mol. The van der Waals surface area contributed by atoms with E-state index in [1.165, 1.54) is 44.5 Å². The van der Waals surface area contributed by atoms with Crippen molar-refractivity contribution in [3.8, 4) is 17.2 Å². The Labute approximate surface area is 510 Å². The maximum absolute atomic E-state index is 12.5. The standard InChI is InChI=1S/C25H34NO3.C24H32NO4.C23H30NO4/c1-15-7-9-17-13-19-18-10-8-16(2)22-25(18,20(17)21(15)29-22)11-12-26(19,6)14-28-23(27)24(3,4)5;1-14-6-7-15-12-17-16-8-9-18(26)21-24(16,19(15)20(14)29-21)10-11-25(17,5)13-28-22(27)23(2,3)4;1-5-26-22(25)27-13-24(4)11-10-23-17-9-7-15(3)21(23)28-20-14(2)6-8-16(19(20)23)12-18(17)24/h7-10,16,18-19,22H,11-14H2,1-6H3;6-9,16-18,21,26H,10-13H2,1-5H3;6-9,15,17-18,21H,5,10-13H2,1-4H3/q3*+1/t16-,18-,19?,22-,25-,26+;16-,17?,18-,21-,24-,25-;15-,17-,18?,21-,23-,24+/m000/s1. The van der Waals surface area contributed by atoms with Crippen LogP contribution in [0.15, 0.2) is 72.9 Å². The molecule has 86 heavy (non-hydrogen) atoms. The van der Waals surface area contributed by atoms with E-state index >= 15 is 0 Å². The van der Waals surface area contributed by atoms with Gasteiger partial charge in [0.1, 0.15) is 59.8 Å². The molecule has 0 aromatic heterocycles. The zero-order valence-corrected chi connectivity index (χ0v) is 53.9. The maximum Gasteiger partial charge on any atom is 0.512 e. The summed E-state index contributed by atoms with van der Waals surface area (Å²) < 4.78 is 44.2. The Kier molecular flexibility index (Phi) is 13.9. The summed E-state index contributed by atoms with van der Waals surface area (Å²) in [5.74, 6) is 4.97. The number of likely N-dealkylation sites (N-methyl/N-ethyl adjacent to an activating group) is 3. The van der Waals surface area contributed by atoms with Gasteiger partial charge < -0.3 is 38.3 Å². The number of hydrogen-bond donors (Lipinski definition) is 1. The van der Waals surface area contributed by atoms with Crippen molar-refractivity contribution in [3.05, 3.63) is 123 Å². The Hall–Kier alpha value is -5.67. The normalized spacial score (nSPS) is 39.0. The predicted molar refractivity (Wildman–Crippen MR) is 327 cm³/mol. The number of ether oxygens (including phenoxy) is 7. The molecule has 14 heteroatoms. The van der Waals surface area contributed by atoms with Crippen LogP contribution in [0.25, 0.3) is 0 Å². The average Bonchev–Trinajstić information content (AvgIpc) is 1.43. The van der Waals surface area contributed by atoms with Gasteiger partial charge in [0, 0.05) is 84.8 Å². The van der Waals surface area contributed by atoms with Crippen molar-refractivity contribution in [1.82, 2.24) is 0 Å². The number of piperidine rings is 3. The fourth-order valence-corrected chi connectivity index (χ4v) is 19.1. The molecule has 14 nitrogen and oxygen atoms in total. The van der Waals surface area contributed by atoms with Crippen LogP contribution in [0.3, 0.4) is 0 Å². The zero-order valence-electron chi connectivity index (χ0n) is 53.9. The number of likely N-dealkylation sites (tertiary alicyclic amines) is 3.